The van der Waals surface area contributed by atoms with Crippen LogP contribution in [0.3, 0.4) is 0 Å². The molecule has 2 fully saturated rings. The van der Waals surface area contributed by atoms with Crippen molar-refractivity contribution in [2.45, 2.75) is 35.6 Å². The first-order chi connectivity index (χ1) is 32.3. The number of ether oxygens (including phenoxy) is 4. The van der Waals surface area contributed by atoms with Gasteiger partial charge in [0.15, 0.2) is 12.5 Å². The van der Waals surface area contributed by atoms with Crippen molar-refractivity contribution in [2.24, 2.45) is 0 Å². The molecule has 4 N–H and O–H groups in total. The van der Waals surface area contributed by atoms with Crippen LogP contribution in [0, 0.1) is 11.8 Å². The molecular weight excluding hydrogens is 833 g/mol. The lowest BCUT2D eigenvalue weighted by molar-refractivity contribution is -0.147. The predicted octanol–water partition coefficient (Wildman–Crippen LogP) is 5.48. The van der Waals surface area contributed by atoms with E-state index in [1.54, 1.807) is 0 Å². The standard InChI is InChI=1S/2C27H24N2O4/c30-23-16-19(17-32-23)18-33-26-24(25(31)28-26)29-27(20-10-4-1-5-11-20,21-12-6-2-7-13-21)22-14-8-3-9-15-22;1-32-23(30)18-11-19-33-26-24(25(31)28-26)29-27(20-12-5-2-6-13-20,21-14-7-3-8-15-21)22-16-9-4-10-17-22/h1-16,24,26,29H,17-18H2,(H,28,31);2-10,12-17,24,26,29H,19H2,1H3,(H,28,31)/t2*24-,26-/m11/s1. The van der Waals surface area contributed by atoms with Gasteiger partial charge in [-0.25, -0.2) is 9.59 Å². The first-order valence-electron chi connectivity index (χ1n) is 21.5. The summed E-state index contributed by atoms with van der Waals surface area (Å²) in [4.78, 5) is 47.9. The normalized spacial score (nSPS) is 18.6. The molecule has 0 bridgehead atoms. The summed E-state index contributed by atoms with van der Waals surface area (Å²) in [5.74, 6) is 3.61. The summed E-state index contributed by atoms with van der Waals surface area (Å²) in [6.07, 6.45) is 0.301. The van der Waals surface area contributed by atoms with Crippen molar-refractivity contribution in [3.05, 3.63) is 227 Å². The zero-order valence-corrected chi connectivity index (χ0v) is 36.1. The van der Waals surface area contributed by atoms with Gasteiger partial charge < -0.3 is 29.6 Å². The number of rotatable bonds is 15. The lowest BCUT2D eigenvalue weighted by atomic mass is 9.76. The smallest absolute Gasteiger partial charge is 0.384 e. The predicted molar refractivity (Wildman–Crippen MR) is 247 cm³/mol. The molecule has 0 saturated carbocycles. The summed E-state index contributed by atoms with van der Waals surface area (Å²) >= 11 is 0. The average molecular weight is 881 g/mol. The lowest BCUT2D eigenvalue weighted by Gasteiger charge is -2.45. The molecule has 332 valence electrons. The van der Waals surface area contributed by atoms with Gasteiger partial charge in [-0.1, -0.05) is 188 Å². The highest BCUT2D eigenvalue weighted by atomic mass is 16.5. The van der Waals surface area contributed by atoms with Gasteiger partial charge in [-0.2, -0.15) is 0 Å². The van der Waals surface area contributed by atoms with Crippen molar-refractivity contribution >= 4 is 23.8 Å². The number of nitrogens with one attached hydrogen (secondary N) is 4. The summed E-state index contributed by atoms with van der Waals surface area (Å²) in [6, 6.07) is 59.1. The lowest BCUT2D eigenvalue weighted by Crippen LogP contribution is -2.72. The number of hydrogen-bond donors (Lipinski definition) is 4. The van der Waals surface area contributed by atoms with Gasteiger partial charge in [0.05, 0.1) is 24.8 Å². The van der Waals surface area contributed by atoms with Crippen molar-refractivity contribution in [1.29, 1.82) is 0 Å². The van der Waals surface area contributed by atoms with Gasteiger partial charge in [0.25, 0.3) is 0 Å². The molecule has 6 aromatic rings. The largest absolute Gasteiger partial charge is 0.459 e. The Balaban J connectivity index is 0.000000179. The van der Waals surface area contributed by atoms with Crippen LogP contribution < -0.4 is 21.3 Å². The third kappa shape index (κ3) is 9.70. The van der Waals surface area contributed by atoms with Crippen LogP contribution in [0.25, 0.3) is 0 Å². The number of benzene rings is 6. The Morgan fingerprint density at radius 3 is 1.23 bits per heavy atom. The van der Waals surface area contributed by atoms with E-state index in [0.717, 1.165) is 39.0 Å². The highest BCUT2D eigenvalue weighted by Gasteiger charge is 2.49. The Morgan fingerprint density at radius 2 is 0.924 bits per heavy atom. The second-order valence-corrected chi connectivity index (χ2v) is 15.6. The first kappa shape index (κ1) is 44.9. The molecule has 2 saturated heterocycles. The highest BCUT2D eigenvalue weighted by Crippen LogP contribution is 2.40. The van der Waals surface area contributed by atoms with Gasteiger partial charge in [-0.15, -0.1) is 0 Å². The van der Waals surface area contributed by atoms with Crippen LogP contribution in [-0.2, 0) is 49.2 Å². The van der Waals surface area contributed by atoms with E-state index in [-0.39, 0.29) is 37.6 Å². The molecule has 0 radical (unpaired) electrons. The number of hydrogen-bond acceptors (Lipinski definition) is 10. The van der Waals surface area contributed by atoms with Crippen LogP contribution >= 0.6 is 0 Å². The number of esters is 2. The Labute approximate surface area is 383 Å². The number of methoxy groups -OCH3 is 1. The van der Waals surface area contributed by atoms with Gasteiger partial charge in [-0.05, 0) is 39.0 Å². The SMILES string of the molecule is COC(=O)C#CCO[C@H]1NC(=O)[C@H]1NC(c1ccccc1)(c1ccccc1)c1ccccc1.O=C1C=C(CO[C@H]2NC(=O)[C@H]2NC(c2ccccc2)(c2ccccc2)c2ccccc2)CO1. The summed E-state index contributed by atoms with van der Waals surface area (Å²) in [5.41, 5.74) is 5.18. The van der Waals surface area contributed by atoms with Crippen LogP contribution in [-0.4, -0.2) is 75.2 Å². The molecule has 6 aromatic carbocycles. The molecule has 66 heavy (non-hydrogen) atoms. The number of amides is 2. The first-order valence-corrected chi connectivity index (χ1v) is 21.5. The Bertz CT molecular complexity index is 2500. The zero-order valence-electron chi connectivity index (χ0n) is 36.1. The summed E-state index contributed by atoms with van der Waals surface area (Å²) in [5, 5.41) is 12.8. The molecule has 3 heterocycles. The molecule has 0 aliphatic carbocycles. The second-order valence-electron chi connectivity index (χ2n) is 15.6. The van der Waals surface area contributed by atoms with Crippen molar-refractivity contribution in [2.75, 3.05) is 26.9 Å². The number of cyclic esters (lactones) is 1. The van der Waals surface area contributed by atoms with Gasteiger partial charge in [0.1, 0.15) is 25.3 Å². The van der Waals surface area contributed by atoms with Crippen LogP contribution in [0.15, 0.2) is 194 Å². The minimum Gasteiger partial charge on any atom is -0.459 e. The highest BCUT2D eigenvalue weighted by molar-refractivity contribution is 5.90. The summed E-state index contributed by atoms with van der Waals surface area (Å²) in [7, 11) is 1.26. The van der Waals surface area contributed by atoms with E-state index in [0.29, 0.717) is 0 Å². The van der Waals surface area contributed by atoms with Gasteiger partial charge in [-0.3, -0.25) is 20.2 Å². The van der Waals surface area contributed by atoms with E-state index in [2.05, 4.69) is 74.2 Å². The van der Waals surface area contributed by atoms with E-state index >= 15 is 0 Å². The van der Waals surface area contributed by atoms with Crippen LogP contribution in [0.4, 0.5) is 0 Å². The van der Waals surface area contributed by atoms with Crippen LogP contribution in [0.2, 0.25) is 0 Å². The Morgan fingerprint density at radius 1 is 0.576 bits per heavy atom. The zero-order chi connectivity index (χ0) is 45.8. The maximum absolute atomic E-state index is 12.7. The van der Waals surface area contributed by atoms with Crippen LogP contribution in [0.5, 0.6) is 0 Å². The molecule has 4 atom stereocenters. The van der Waals surface area contributed by atoms with Crippen molar-refractivity contribution in [3.8, 4) is 11.8 Å². The monoisotopic (exact) mass is 880 g/mol. The number of carbonyl (C=O) groups excluding carboxylic acids is 4. The molecule has 12 nitrogen and oxygen atoms in total. The molecular formula is C54H48N4O8. The molecule has 0 unspecified atom stereocenters. The van der Waals surface area contributed by atoms with E-state index in [4.69, 9.17) is 14.2 Å². The molecule has 3 aliphatic rings. The fourth-order valence-electron chi connectivity index (χ4n) is 8.35. The van der Waals surface area contributed by atoms with E-state index in [1.165, 1.54) is 13.2 Å². The molecule has 2 amide bonds. The quantitative estimate of drug-likeness (QED) is 0.0343. The Kier molecular flexibility index (Phi) is 14.2. The minimum absolute atomic E-state index is 0.0206. The molecule has 3 aliphatic heterocycles. The van der Waals surface area contributed by atoms with Crippen LogP contribution in [0.1, 0.15) is 33.4 Å². The average Bonchev–Trinajstić information content (AvgIpc) is 3.80. The number of β-lactam (4-membered cyclic amide) rings is 2. The molecule has 0 spiro atoms. The van der Waals surface area contributed by atoms with Crippen molar-refractivity contribution in [1.82, 2.24) is 21.3 Å². The van der Waals surface area contributed by atoms with Gasteiger partial charge in [0.2, 0.25) is 11.8 Å². The number of carbonyl (C=O) groups is 4. The van der Waals surface area contributed by atoms with E-state index < -0.39 is 41.6 Å². The fraction of sp³-hybridized carbons (Fsp3) is 0.185. The topological polar surface area (TPSA) is 153 Å². The van der Waals surface area contributed by atoms with E-state index in [9.17, 15) is 19.2 Å². The molecule has 9 rings (SSSR count). The van der Waals surface area contributed by atoms with E-state index in [1.807, 2.05) is 146 Å². The van der Waals surface area contributed by atoms with Gasteiger partial charge >= 0.3 is 11.9 Å². The van der Waals surface area contributed by atoms with Crippen molar-refractivity contribution in [3.63, 3.8) is 0 Å². The minimum atomic E-state index is -0.800. The third-order valence-electron chi connectivity index (χ3n) is 11.6. The summed E-state index contributed by atoms with van der Waals surface area (Å²) < 4.78 is 21.1. The molecule has 0 aromatic heterocycles. The maximum atomic E-state index is 12.7. The van der Waals surface area contributed by atoms with Gasteiger partial charge in [0, 0.05) is 12.0 Å². The fourth-order valence-corrected chi connectivity index (χ4v) is 8.35. The molecule has 12 heteroatoms. The second kappa shape index (κ2) is 20.9. The maximum Gasteiger partial charge on any atom is 0.384 e. The van der Waals surface area contributed by atoms with Crippen molar-refractivity contribution < 1.29 is 38.1 Å². The Hall–Kier alpha value is -7.66. The summed E-state index contributed by atoms with van der Waals surface area (Å²) in [6.45, 7) is 0.413. The third-order valence-corrected chi connectivity index (χ3v) is 11.6.